The number of hydrogen-bond acceptors (Lipinski definition) is 3. The molecule has 1 N–H and O–H groups in total. The van der Waals surface area contributed by atoms with Crippen molar-refractivity contribution in [3.63, 3.8) is 0 Å². The van der Waals surface area contributed by atoms with E-state index in [9.17, 15) is 4.79 Å². The number of amides is 1. The van der Waals surface area contributed by atoms with Gasteiger partial charge in [-0.25, -0.2) is 5.43 Å². The zero-order valence-electron chi connectivity index (χ0n) is 20.3. The van der Waals surface area contributed by atoms with Crippen LogP contribution in [0.2, 0.25) is 0 Å². The van der Waals surface area contributed by atoms with E-state index in [0.29, 0.717) is 5.75 Å². The molecule has 0 saturated heterocycles. The predicted octanol–water partition coefficient (Wildman–Crippen LogP) is 5.73. The van der Waals surface area contributed by atoms with E-state index < -0.39 is 0 Å². The van der Waals surface area contributed by atoms with Gasteiger partial charge in [0.1, 0.15) is 5.75 Å². The van der Waals surface area contributed by atoms with Crippen LogP contribution in [-0.4, -0.2) is 23.3 Å². The Bertz CT molecular complexity index is 1120. The molecule has 0 spiro atoms. The fraction of sp³-hybridized carbons (Fsp3) is 0.407. The standard InChI is InChI=1S/C27H35N3O2/c1-19-23(22-10-8-9-11-24(22)30(19)7)16-28-29-25(31)17-32-21-14-12-20(13-15-21)27(5,6)18-26(2,3)4/h8-16H,17-18H2,1-7H3,(H,29,31)/b28-16-. The maximum Gasteiger partial charge on any atom is 0.277 e. The number of carbonyl (C=O) groups excluding carboxylic acids is 1. The Morgan fingerprint density at radius 3 is 2.38 bits per heavy atom. The van der Waals surface area contributed by atoms with E-state index in [-0.39, 0.29) is 23.3 Å². The Morgan fingerprint density at radius 1 is 1.06 bits per heavy atom. The first-order valence-electron chi connectivity index (χ1n) is 11.1. The monoisotopic (exact) mass is 433 g/mol. The van der Waals surface area contributed by atoms with Gasteiger partial charge in [0, 0.05) is 29.2 Å². The number of aromatic nitrogens is 1. The minimum absolute atomic E-state index is 0.0720. The number of ether oxygens (including phenoxy) is 1. The number of benzene rings is 2. The van der Waals surface area contributed by atoms with E-state index in [0.717, 1.165) is 28.6 Å². The predicted molar refractivity (Wildman–Crippen MR) is 132 cm³/mol. The molecule has 3 rings (SSSR count). The summed E-state index contributed by atoms with van der Waals surface area (Å²) in [5, 5.41) is 5.25. The van der Waals surface area contributed by atoms with E-state index in [1.165, 1.54) is 5.56 Å². The second-order valence-corrected chi connectivity index (χ2v) is 10.3. The zero-order valence-corrected chi connectivity index (χ0v) is 20.3. The van der Waals surface area contributed by atoms with Gasteiger partial charge in [-0.15, -0.1) is 0 Å². The van der Waals surface area contributed by atoms with Gasteiger partial charge in [0.25, 0.3) is 5.91 Å². The number of aryl methyl sites for hydroxylation is 1. The number of para-hydroxylation sites is 1. The first-order valence-corrected chi connectivity index (χ1v) is 11.1. The summed E-state index contributed by atoms with van der Waals surface area (Å²) in [5.41, 5.74) is 7.37. The van der Waals surface area contributed by atoms with Gasteiger partial charge >= 0.3 is 0 Å². The van der Waals surface area contributed by atoms with Crippen LogP contribution in [0.4, 0.5) is 0 Å². The molecule has 1 amide bonds. The summed E-state index contributed by atoms with van der Waals surface area (Å²) in [6.07, 6.45) is 2.78. The molecule has 0 saturated carbocycles. The SMILES string of the molecule is Cc1c(/C=N\NC(=O)COc2ccc(C(C)(C)CC(C)(C)C)cc2)c2ccccc2n1C. The van der Waals surface area contributed by atoms with Crippen LogP contribution in [-0.2, 0) is 17.3 Å². The molecular formula is C27H35N3O2. The summed E-state index contributed by atoms with van der Waals surface area (Å²) in [6.45, 7) is 13.3. The van der Waals surface area contributed by atoms with Crippen LogP contribution in [0.15, 0.2) is 53.6 Å². The molecule has 1 aromatic heterocycles. The highest BCUT2D eigenvalue weighted by molar-refractivity contribution is 6.01. The fourth-order valence-electron chi connectivity index (χ4n) is 4.49. The molecule has 32 heavy (non-hydrogen) atoms. The number of nitrogens with zero attached hydrogens (tertiary/aromatic N) is 2. The third-order valence-electron chi connectivity index (χ3n) is 5.81. The van der Waals surface area contributed by atoms with Crippen LogP contribution < -0.4 is 10.2 Å². The largest absolute Gasteiger partial charge is 0.484 e. The Hall–Kier alpha value is -3.08. The molecule has 0 aliphatic heterocycles. The average molecular weight is 434 g/mol. The van der Waals surface area contributed by atoms with Crippen LogP contribution in [0.3, 0.4) is 0 Å². The van der Waals surface area contributed by atoms with Gasteiger partial charge in [-0.1, -0.05) is 65.0 Å². The lowest BCUT2D eigenvalue weighted by Crippen LogP contribution is -2.25. The smallest absolute Gasteiger partial charge is 0.277 e. The lowest BCUT2D eigenvalue weighted by molar-refractivity contribution is -0.123. The molecule has 5 heteroatoms. The summed E-state index contributed by atoms with van der Waals surface area (Å²) in [4.78, 5) is 12.2. The molecule has 0 fully saturated rings. The molecular weight excluding hydrogens is 398 g/mol. The summed E-state index contributed by atoms with van der Waals surface area (Å²) in [7, 11) is 2.02. The fourth-order valence-corrected chi connectivity index (χ4v) is 4.49. The van der Waals surface area contributed by atoms with Crippen molar-refractivity contribution in [2.24, 2.45) is 17.6 Å². The van der Waals surface area contributed by atoms with Gasteiger partial charge in [-0.2, -0.15) is 5.10 Å². The Balaban J connectivity index is 1.56. The van der Waals surface area contributed by atoms with E-state index in [2.05, 4.69) is 74.0 Å². The van der Waals surface area contributed by atoms with Crippen molar-refractivity contribution in [1.29, 1.82) is 0 Å². The lowest BCUT2D eigenvalue weighted by atomic mass is 9.72. The number of rotatable bonds is 7. The van der Waals surface area contributed by atoms with Crippen molar-refractivity contribution in [3.8, 4) is 5.75 Å². The molecule has 1 heterocycles. The normalized spacial score (nSPS) is 12.5. The van der Waals surface area contributed by atoms with Gasteiger partial charge in [0.15, 0.2) is 6.61 Å². The van der Waals surface area contributed by atoms with E-state index in [4.69, 9.17) is 4.74 Å². The third-order valence-corrected chi connectivity index (χ3v) is 5.81. The Morgan fingerprint density at radius 2 is 1.72 bits per heavy atom. The van der Waals surface area contributed by atoms with Crippen LogP contribution in [0.5, 0.6) is 5.75 Å². The number of fused-ring (bicyclic) bond motifs is 1. The Kier molecular flexibility index (Phi) is 6.77. The highest BCUT2D eigenvalue weighted by Gasteiger charge is 2.27. The van der Waals surface area contributed by atoms with Crippen molar-refractivity contribution in [3.05, 3.63) is 65.4 Å². The summed E-state index contributed by atoms with van der Waals surface area (Å²) in [5.74, 6) is 0.376. The van der Waals surface area contributed by atoms with Gasteiger partial charge < -0.3 is 9.30 Å². The minimum Gasteiger partial charge on any atom is -0.484 e. The molecule has 170 valence electrons. The van der Waals surface area contributed by atoms with Crippen molar-refractivity contribution in [2.75, 3.05) is 6.61 Å². The lowest BCUT2D eigenvalue weighted by Gasteiger charge is -2.33. The number of carbonyl (C=O) groups is 1. The van der Waals surface area contributed by atoms with E-state index in [1.807, 2.05) is 38.2 Å². The molecule has 3 aromatic rings. The topological polar surface area (TPSA) is 55.6 Å². The van der Waals surface area contributed by atoms with Gasteiger partial charge in [0.2, 0.25) is 0 Å². The minimum atomic E-state index is -0.295. The zero-order chi connectivity index (χ0) is 23.5. The molecule has 5 nitrogen and oxygen atoms in total. The van der Waals surface area contributed by atoms with E-state index in [1.54, 1.807) is 6.21 Å². The van der Waals surface area contributed by atoms with Crippen LogP contribution in [0.1, 0.15) is 57.9 Å². The highest BCUT2D eigenvalue weighted by Crippen LogP contribution is 2.36. The third kappa shape index (κ3) is 5.58. The molecule has 0 unspecified atom stereocenters. The van der Waals surface area contributed by atoms with Crippen molar-refractivity contribution >= 4 is 23.0 Å². The second kappa shape index (κ2) is 9.19. The van der Waals surface area contributed by atoms with Crippen LogP contribution in [0.25, 0.3) is 10.9 Å². The van der Waals surface area contributed by atoms with Crippen LogP contribution in [0, 0.1) is 12.3 Å². The molecule has 0 bridgehead atoms. The maximum atomic E-state index is 12.2. The summed E-state index contributed by atoms with van der Waals surface area (Å²) < 4.78 is 7.77. The highest BCUT2D eigenvalue weighted by atomic mass is 16.5. The second-order valence-electron chi connectivity index (χ2n) is 10.3. The Labute approximate surface area is 191 Å². The van der Waals surface area contributed by atoms with Crippen molar-refractivity contribution in [1.82, 2.24) is 9.99 Å². The van der Waals surface area contributed by atoms with Gasteiger partial charge in [-0.05, 0) is 47.9 Å². The summed E-state index contributed by atoms with van der Waals surface area (Å²) in [6, 6.07) is 16.2. The first kappa shape index (κ1) is 23.6. The van der Waals surface area contributed by atoms with Crippen molar-refractivity contribution in [2.45, 2.75) is 53.4 Å². The number of hydrazone groups is 1. The molecule has 0 aliphatic rings. The number of hydrogen-bond donors (Lipinski definition) is 1. The van der Waals surface area contributed by atoms with Crippen LogP contribution >= 0.6 is 0 Å². The average Bonchev–Trinajstić information content (AvgIpc) is 2.96. The van der Waals surface area contributed by atoms with E-state index >= 15 is 0 Å². The summed E-state index contributed by atoms with van der Waals surface area (Å²) >= 11 is 0. The van der Waals surface area contributed by atoms with Crippen molar-refractivity contribution < 1.29 is 9.53 Å². The molecule has 0 aliphatic carbocycles. The van der Waals surface area contributed by atoms with Gasteiger partial charge in [-0.3, -0.25) is 4.79 Å². The molecule has 0 radical (unpaired) electrons. The molecule has 2 aromatic carbocycles. The maximum absolute atomic E-state index is 12.2. The molecule has 0 atom stereocenters. The number of nitrogens with one attached hydrogen (secondary N) is 1. The first-order chi connectivity index (χ1) is 15.0. The van der Waals surface area contributed by atoms with Gasteiger partial charge in [0.05, 0.1) is 6.21 Å². The quantitative estimate of drug-likeness (QED) is 0.382.